The summed E-state index contributed by atoms with van der Waals surface area (Å²) in [5.74, 6) is 0. The summed E-state index contributed by atoms with van der Waals surface area (Å²) in [4.78, 5) is 0. The highest BCUT2D eigenvalue weighted by molar-refractivity contribution is 7.08. The molecule has 4 heteroatoms. The average Bonchev–Trinajstić information content (AvgIpc) is 2.91. The fourth-order valence-corrected chi connectivity index (χ4v) is 3.31. The zero-order valence-corrected chi connectivity index (χ0v) is 13.0. The summed E-state index contributed by atoms with van der Waals surface area (Å²) in [6, 6.07) is 2.57. The van der Waals surface area contributed by atoms with Gasteiger partial charge in [0.1, 0.15) is 0 Å². The molecule has 2 heterocycles. The molecule has 0 saturated heterocycles. The van der Waals surface area contributed by atoms with Crippen molar-refractivity contribution < 1.29 is 0 Å². The standard InChI is InChI=1S/C15H23N3S/c1-5-6-16-15(14-10-19-9-11(14)2)8-13-7-12(3)17-18(13)4/h7,9-10,15-16H,5-6,8H2,1-4H3. The van der Waals surface area contributed by atoms with Crippen molar-refractivity contribution in [3.8, 4) is 0 Å². The Labute approximate surface area is 119 Å². The molecule has 104 valence electrons. The van der Waals surface area contributed by atoms with Gasteiger partial charge >= 0.3 is 0 Å². The van der Waals surface area contributed by atoms with E-state index in [1.165, 1.54) is 16.8 Å². The largest absolute Gasteiger partial charge is 0.310 e. The van der Waals surface area contributed by atoms with Gasteiger partial charge < -0.3 is 5.32 Å². The zero-order valence-electron chi connectivity index (χ0n) is 12.2. The van der Waals surface area contributed by atoms with Crippen LogP contribution in [-0.2, 0) is 13.5 Å². The molecule has 19 heavy (non-hydrogen) atoms. The number of rotatable bonds is 6. The van der Waals surface area contributed by atoms with Crippen molar-refractivity contribution in [2.75, 3.05) is 6.54 Å². The number of aryl methyl sites for hydroxylation is 3. The van der Waals surface area contributed by atoms with E-state index in [0.29, 0.717) is 6.04 Å². The van der Waals surface area contributed by atoms with Crippen LogP contribution in [0, 0.1) is 13.8 Å². The van der Waals surface area contributed by atoms with Gasteiger partial charge in [-0.3, -0.25) is 4.68 Å². The van der Waals surface area contributed by atoms with E-state index < -0.39 is 0 Å². The molecule has 3 nitrogen and oxygen atoms in total. The van der Waals surface area contributed by atoms with Gasteiger partial charge in [0.2, 0.25) is 0 Å². The topological polar surface area (TPSA) is 29.9 Å². The maximum Gasteiger partial charge on any atom is 0.0596 e. The minimum atomic E-state index is 0.390. The number of nitrogens with one attached hydrogen (secondary N) is 1. The Morgan fingerprint density at radius 3 is 2.68 bits per heavy atom. The lowest BCUT2D eigenvalue weighted by molar-refractivity contribution is 0.511. The van der Waals surface area contributed by atoms with Crippen LogP contribution in [0.3, 0.4) is 0 Å². The molecule has 1 N–H and O–H groups in total. The summed E-state index contributed by atoms with van der Waals surface area (Å²) in [6.45, 7) is 7.50. The number of nitrogens with zero attached hydrogens (tertiary/aromatic N) is 2. The summed E-state index contributed by atoms with van der Waals surface area (Å²) in [5.41, 5.74) is 5.19. The molecule has 0 aliphatic carbocycles. The summed E-state index contributed by atoms with van der Waals surface area (Å²) in [5, 5.41) is 12.6. The highest BCUT2D eigenvalue weighted by Gasteiger charge is 2.16. The molecule has 2 aromatic heterocycles. The molecule has 0 bridgehead atoms. The van der Waals surface area contributed by atoms with Crippen LogP contribution in [0.5, 0.6) is 0 Å². The molecule has 0 aliphatic rings. The predicted octanol–water partition coefficient (Wildman–Crippen LogP) is 3.38. The van der Waals surface area contributed by atoms with Crippen LogP contribution in [0.4, 0.5) is 0 Å². The fraction of sp³-hybridized carbons (Fsp3) is 0.533. The first-order valence-electron chi connectivity index (χ1n) is 6.87. The summed E-state index contributed by atoms with van der Waals surface area (Å²) in [6.07, 6.45) is 2.15. The van der Waals surface area contributed by atoms with Crippen LogP contribution in [0.25, 0.3) is 0 Å². The van der Waals surface area contributed by atoms with Gasteiger partial charge in [0.05, 0.1) is 5.69 Å². The molecule has 2 rings (SSSR count). The first-order valence-corrected chi connectivity index (χ1v) is 7.81. The molecule has 1 atom stereocenters. The highest BCUT2D eigenvalue weighted by atomic mass is 32.1. The molecule has 0 saturated carbocycles. The normalized spacial score (nSPS) is 12.8. The lowest BCUT2D eigenvalue weighted by Gasteiger charge is -2.19. The Morgan fingerprint density at radius 2 is 2.16 bits per heavy atom. The van der Waals surface area contributed by atoms with E-state index in [-0.39, 0.29) is 0 Å². The monoisotopic (exact) mass is 277 g/mol. The molecule has 0 spiro atoms. The Morgan fingerprint density at radius 1 is 1.37 bits per heavy atom. The van der Waals surface area contributed by atoms with Crippen LogP contribution < -0.4 is 5.32 Å². The Hall–Kier alpha value is -1.13. The molecule has 0 fully saturated rings. The number of aromatic nitrogens is 2. The fourth-order valence-electron chi connectivity index (χ4n) is 2.40. The molecule has 0 aliphatic heterocycles. The second kappa shape index (κ2) is 6.35. The van der Waals surface area contributed by atoms with E-state index in [0.717, 1.165) is 25.1 Å². The lowest BCUT2D eigenvalue weighted by atomic mass is 10.0. The molecule has 0 radical (unpaired) electrons. The van der Waals surface area contributed by atoms with Crippen molar-refractivity contribution in [2.45, 2.75) is 39.7 Å². The summed E-state index contributed by atoms with van der Waals surface area (Å²) < 4.78 is 2.00. The van der Waals surface area contributed by atoms with E-state index in [9.17, 15) is 0 Å². The number of hydrogen-bond donors (Lipinski definition) is 1. The Balaban J connectivity index is 2.19. The van der Waals surface area contributed by atoms with E-state index in [2.05, 4.69) is 41.1 Å². The third-order valence-electron chi connectivity index (χ3n) is 3.42. The number of thiophene rings is 1. The first kappa shape index (κ1) is 14.3. The maximum absolute atomic E-state index is 4.44. The van der Waals surface area contributed by atoms with Crippen molar-refractivity contribution >= 4 is 11.3 Å². The second-order valence-electron chi connectivity index (χ2n) is 5.12. The lowest BCUT2D eigenvalue weighted by Crippen LogP contribution is -2.25. The van der Waals surface area contributed by atoms with Crippen LogP contribution in [0.15, 0.2) is 16.8 Å². The van der Waals surface area contributed by atoms with Gasteiger partial charge in [-0.1, -0.05) is 6.92 Å². The van der Waals surface area contributed by atoms with Crippen molar-refractivity contribution in [3.63, 3.8) is 0 Å². The van der Waals surface area contributed by atoms with Gasteiger partial charge in [-0.15, -0.1) is 0 Å². The van der Waals surface area contributed by atoms with Crippen molar-refractivity contribution in [3.05, 3.63) is 39.3 Å². The van der Waals surface area contributed by atoms with E-state index in [4.69, 9.17) is 0 Å². The van der Waals surface area contributed by atoms with E-state index in [1.54, 1.807) is 11.3 Å². The van der Waals surface area contributed by atoms with Crippen molar-refractivity contribution in [1.29, 1.82) is 0 Å². The molecule has 0 amide bonds. The second-order valence-corrected chi connectivity index (χ2v) is 5.87. The van der Waals surface area contributed by atoms with E-state index >= 15 is 0 Å². The van der Waals surface area contributed by atoms with Crippen LogP contribution in [0.1, 0.15) is 41.9 Å². The van der Waals surface area contributed by atoms with Crippen LogP contribution >= 0.6 is 11.3 Å². The smallest absolute Gasteiger partial charge is 0.0596 e. The van der Waals surface area contributed by atoms with Gasteiger partial charge in [0.15, 0.2) is 0 Å². The Kier molecular flexibility index (Phi) is 4.77. The summed E-state index contributed by atoms with van der Waals surface area (Å²) in [7, 11) is 2.03. The quantitative estimate of drug-likeness (QED) is 0.877. The van der Waals surface area contributed by atoms with Crippen LogP contribution in [-0.4, -0.2) is 16.3 Å². The molecule has 0 aromatic carbocycles. The Bertz CT molecular complexity index is 527. The van der Waals surface area contributed by atoms with Gasteiger partial charge in [0.25, 0.3) is 0 Å². The molecule has 2 aromatic rings. The zero-order chi connectivity index (χ0) is 13.8. The average molecular weight is 277 g/mol. The highest BCUT2D eigenvalue weighted by Crippen LogP contribution is 2.25. The minimum absolute atomic E-state index is 0.390. The first-order chi connectivity index (χ1) is 9.11. The van der Waals surface area contributed by atoms with Crippen LogP contribution in [0.2, 0.25) is 0 Å². The predicted molar refractivity (Wildman–Crippen MR) is 81.7 cm³/mol. The van der Waals surface area contributed by atoms with Gasteiger partial charge in [-0.05, 0) is 54.8 Å². The minimum Gasteiger partial charge on any atom is -0.310 e. The third kappa shape index (κ3) is 3.45. The molecular formula is C15H23N3S. The third-order valence-corrected chi connectivity index (χ3v) is 4.30. The molecular weight excluding hydrogens is 254 g/mol. The van der Waals surface area contributed by atoms with Gasteiger partial charge in [-0.2, -0.15) is 16.4 Å². The van der Waals surface area contributed by atoms with E-state index in [1.807, 2.05) is 18.7 Å². The van der Waals surface area contributed by atoms with Crippen molar-refractivity contribution in [2.24, 2.45) is 7.05 Å². The van der Waals surface area contributed by atoms with Crippen molar-refractivity contribution in [1.82, 2.24) is 15.1 Å². The van der Waals surface area contributed by atoms with Gasteiger partial charge in [0, 0.05) is 25.2 Å². The summed E-state index contributed by atoms with van der Waals surface area (Å²) >= 11 is 1.79. The SMILES string of the molecule is CCCNC(Cc1cc(C)nn1C)c1cscc1C. The number of hydrogen-bond acceptors (Lipinski definition) is 3. The molecule has 1 unspecified atom stereocenters. The van der Waals surface area contributed by atoms with Gasteiger partial charge in [-0.25, -0.2) is 0 Å². The maximum atomic E-state index is 4.44.